The van der Waals surface area contributed by atoms with Crippen LogP contribution < -0.4 is 10.5 Å². The van der Waals surface area contributed by atoms with Crippen molar-refractivity contribution in [2.45, 2.75) is 20.4 Å². The normalized spacial score (nSPS) is 14.7. The SMILES string of the molecule is CCn1ccc2oc(C)c(C(=O)N3CCN(c4ccccn4)CC3)c2c1=O. The first kappa shape index (κ1) is 17.3. The van der Waals surface area contributed by atoms with Crippen LogP contribution in [0, 0.1) is 6.92 Å². The highest BCUT2D eigenvalue weighted by atomic mass is 16.3. The standard InChI is InChI=1S/C20H22N4O3/c1-3-22-9-7-15-18(20(22)26)17(14(2)27-15)19(25)24-12-10-23(11-13-24)16-6-4-5-8-21-16/h4-9H,3,10-13H2,1-2H3. The lowest BCUT2D eigenvalue weighted by molar-refractivity contribution is 0.0746. The summed E-state index contributed by atoms with van der Waals surface area (Å²) in [6.07, 6.45) is 3.47. The Bertz CT molecular complexity index is 1030. The molecule has 0 bridgehead atoms. The Morgan fingerprint density at radius 3 is 2.63 bits per heavy atom. The van der Waals surface area contributed by atoms with E-state index in [-0.39, 0.29) is 11.5 Å². The van der Waals surface area contributed by atoms with Crippen molar-refractivity contribution in [1.29, 1.82) is 0 Å². The van der Waals surface area contributed by atoms with Crippen LogP contribution in [0.4, 0.5) is 5.82 Å². The second-order valence-corrected chi connectivity index (χ2v) is 6.65. The lowest BCUT2D eigenvalue weighted by Crippen LogP contribution is -2.49. The first-order valence-corrected chi connectivity index (χ1v) is 9.18. The molecular weight excluding hydrogens is 344 g/mol. The van der Waals surface area contributed by atoms with Crippen molar-refractivity contribution in [3.05, 3.63) is 58.3 Å². The van der Waals surface area contributed by atoms with Crippen molar-refractivity contribution in [2.75, 3.05) is 31.1 Å². The average Bonchev–Trinajstić information content (AvgIpc) is 3.05. The summed E-state index contributed by atoms with van der Waals surface area (Å²) in [7, 11) is 0. The number of carbonyl (C=O) groups is 1. The molecule has 3 aromatic heterocycles. The zero-order valence-electron chi connectivity index (χ0n) is 15.5. The Hall–Kier alpha value is -3.09. The molecule has 0 unspecified atom stereocenters. The van der Waals surface area contributed by atoms with Gasteiger partial charge >= 0.3 is 0 Å². The highest BCUT2D eigenvalue weighted by Crippen LogP contribution is 2.25. The van der Waals surface area contributed by atoms with E-state index in [0.717, 1.165) is 5.82 Å². The number of anilines is 1. The molecule has 0 aromatic carbocycles. The number of carbonyl (C=O) groups excluding carboxylic acids is 1. The molecule has 1 aliphatic heterocycles. The molecule has 0 spiro atoms. The third kappa shape index (κ3) is 2.99. The molecule has 27 heavy (non-hydrogen) atoms. The minimum atomic E-state index is -0.178. The number of furan rings is 1. The Morgan fingerprint density at radius 1 is 1.19 bits per heavy atom. The molecule has 0 aliphatic carbocycles. The summed E-state index contributed by atoms with van der Waals surface area (Å²) < 4.78 is 7.29. The number of hydrogen-bond donors (Lipinski definition) is 0. The predicted molar refractivity (Wildman–Crippen MR) is 103 cm³/mol. The number of nitrogens with zero attached hydrogens (tertiary/aromatic N) is 4. The van der Waals surface area contributed by atoms with Gasteiger partial charge in [0.25, 0.3) is 11.5 Å². The third-order valence-corrected chi connectivity index (χ3v) is 5.09. The number of piperazine rings is 1. The van der Waals surface area contributed by atoms with E-state index in [1.54, 1.807) is 34.9 Å². The van der Waals surface area contributed by atoms with Gasteiger partial charge in [0.2, 0.25) is 0 Å². The molecule has 140 valence electrons. The molecule has 1 fully saturated rings. The molecule has 1 amide bonds. The fourth-order valence-corrected chi connectivity index (χ4v) is 3.61. The van der Waals surface area contributed by atoms with Crippen LogP contribution in [0.15, 0.2) is 45.9 Å². The van der Waals surface area contributed by atoms with Crippen LogP contribution in [0.1, 0.15) is 23.0 Å². The number of amides is 1. The van der Waals surface area contributed by atoms with Gasteiger partial charge in [0.05, 0.1) is 10.9 Å². The molecule has 1 saturated heterocycles. The van der Waals surface area contributed by atoms with Crippen LogP contribution in [0.2, 0.25) is 0 Å². The van der Waals surface area contributed by atoms with E-state index in [0.29, 0.717) is 55.0 Å². The summed E-state index contributed by atoms with van der Waals surface area (Å²) in [6.45, 7) is 6.77. The van der Waals surface area contributed by atoms with Gasteiger partial charge in [0, 0.05) is 45.1 Å². The molecule has 0 N–H and O–H groups in total. The summed E-state index contributed by atoms with van der Waals surface area (Å²) in [5.41, 5.74) is 0.684. The molecule has 0 atom stereocenters. The minimum Gasteiger partial charge on any atom is -0.460 e. The van der Waals surface area contributed by atoms with Gasteiger partial charge in [-0.25, -0.2) is 4.98 Å². The first-order valence-electron chi connectivity index (χ1n) is 9.18. The number of aryl methyl sites for hydroxylation is 2. The lowest BCUT2D eigenvalue weighted by Gasteiger charge is -2.35. The van der Waals surface area contributed by atoms with E-state index in [1.807, 2.05) is 25.1 Å². The largest absolute Gasteiger partial charge is 0.460 e. The second-order valence-electron chi connectivity index (χ2n) is 6.65. The fourth-order valence-electron chi connectivity index (χ4n) is 3.61. The maximum absolute atomic E-state index is 13.2. The molecule has 1 aliphatic rings. The zero-order chi connectivity index (χ0) is 19.0. The van der Waals surface area contributed by atoms with Crippen molar-refractivity contribution in [3.63, 3.8) is 0 Å². The van der Waals surface area contributed by atoms with E-state index >= 15 is 0 Å². The maximum Gasteiger partial charge on any atom is 0.262 e. The second kappa shape index (κ2) is 6.90. The van der Waals surface area contributed by atoms with E-state index in [1.165, 1.54) is 0 Å². The molecule has 7 heteroatoms. The molecule has 3 aromatic rings. The Labute approximate surface area is 156 Å². The molecule has 7 nitrogen and oxygen atoms in total. The van der Waals surface area contributed by atoms with Crippen LogP contribution in [0.3, 0.4) is 0 Å². The Morgan fingerprint density at radius 2 is 1.96 bits per heavy atom. The van der Waals surface area contributed by atoms with Crippen molar-refractivity contribution in [1.82, 2.24) is 14.5 Å². The van der Waals surface area contributed by atoms with Gasteiger partial charge in [-0.3, -0.25) is 9.59 Å². The molecule has 0 saturated carbocycles. The van der Waals surface area contributed by atoms with Gasteiger partial charge in [-0.05, 0) is 32.0 Å². The van der Waals surface area contributed by atoms with E-state index < -0.39 is 0 Å². The summed E-state index contributed by atoms with van der Waals surface area (Å²) in [4.78, 5) is 34.2. The predicted octanol–water partition coefficient (Wildman–Crippen LogP) is 2.28. The Kier molecular flexibility index (Phi) is 4.43. The summed E-state index contributed by atoms with van der Waals surface area (Å²) in [5, 5.41) is 0.383. The molecule has 0 radical (unpaired) electrons. The number of fused-ring (bicyclic) bond motifs is 1. The van der Waals surface area contributed by atoms with E-state index in [4.69, 9.17) is 4.42 Å². The summed E-state index contributed by atoms with van der Waals surface area (Å²) in [6, 6.07) is 7.57. The van der Waals surface area contributed by atoms with Crippen LogP contribution in [-0.4, -0.2) is 46.5 Å². The van der Waals surface area contributed by atoms with Crippen LogP contribution >= 0.6 is 0 Å². The number of rotatable bonds is 3. The topological polar surface area (TPSA) is 71.6 Å². The monoisotopic (exact) mass is 366 g/mol. The van der Waals surface area contributed by atoms with Gasteiger partial charge in [-0.2, -0.15) is 0 Å². The minimum absolute atomic E-state index is 0.141. The van der Waals surface area contributed by atoms with Gasteiger partial charge in [-0.15, -0.1) is 0 Å². The van der Waals surface area contributed by atoms with Crippen molar-refractivity contribution < 1.29 is 9.21 Å². The maximum atomic E-state index is 13.2. The first-order chi connectivity index (χ1) is 13.1. The Balaban J connectivity index is 1.61. The number of hydrogen-bond acceptors (Lipinski definition) is 5. The van der Waals surface area contributed by atoms with Gasteiger partial charge in [0.1, 0.15) is 17.2 Å². The zero-order valence-corrected chi connectivity index (χ0v) is 15.5. The highest BCUT2D eigenvalue weighted by Gasteiger charge is 2.28. The number of pyridine rings is 2. The van der Waals surface area contributed by atoms with Crippen LogP contribution in [0.25, 0.3) is 11.0 Å². The van der Waals surface area contributed by atoms with E-state index in [2.05, 4.69) is 9.88 Å². The quantitative estimate of drug-likeness (QED) is 0.711. The summed E-state index contributed by atoms with van der Waals surface area (Å²) in [5.74, 6) is 1.27. The third-order valence-electron chi connectivity index (χ3n) is 5.09. The lowest BCUT2D eigenvalue weighted by atomic mass is 10.1. The molecule has 4 rings (SSSR count). The number of aromatic nitrogens is 2. The van der Waals surface area contributed by atoms with Gasteiger partial charge in [-0.1, -0.05) is 6.07 Å². The van der Waals surface area contributed by atoms with Crippen molar-refractivity contribution >= 4 is 22.7 Å². The van der Waals surface area contributed by atoms with Gasteiger partial charge in [0.15, 0.2) is 0 Å². The van der Waals surface area contributed by atoms with Crippen LogP contribution in [0.5, 0.6) is 0 Å². The van der Waals surface area contributed by atoms with Crippen molar-refractivity contribution in [3.8, 4) is 0 Å². The molecular formula is C20H22N4O3. The van der Waals surface area contributed by atoms with Crippen molar-refractivity contribution in [2.24, 2.45) is 0 Å². The van der Waals surface area contributed by atoms with Crippen LogP contribution in [-0.2, 0) is 6.54 Å². The summed E-state index contributed by atoms with van der Waals surface area (Å²) >= 11 is 0. The fraction of sp³-hybridized carbons (Fsp3) is 0.350. The molecule has 4 heterocycles. The highest BCUT2D eigenvalue weighted by molar-refractivity contribution is 6.07. The van der Waals surface area contributed by atoms with Gasteiger partial charge < -0.3 is 18.8 Å². The van der Waals surface area contributed by atoms with E-state index in [9.17, 15) is 9.59 Å². The smallest absolute Gasteiger partial charge is 0.262 e. The average molecular weight is 366 g/mol.